The van der Waals surface area contributed by atoms with Crippen LogP contribution in [0.4, 0.5) is 5.82 Å². The maximum Gasteiger partial charge on any atom is 0.227 e. The van der Waals surface area contributed by atoms with Crippen molar-refractivity contribution >= 4 is 34.7 Å². The summed E-state index contributed by atoms with van der Waals surface area (Å²) >= 11 is 1.58. The van der Waals surface area contributed by atoms with E-state index in [1.54, 1.807) is 18.0 Å². The van der Waals surface area contributed by atoms with Gasteiger partial charge in [0.15, 0.2) is 22.1 Å². The maximum atomic E-state index is 11.1. The Hall–Kier alpha value is -3.40. The number of nitrogens with zero attached hydrogens (tertiary/aromatic N) is 5. The zero-order valence-corrected chi connectivity index (χ0v) is 20.6. The van der Waals surface area contributed by atoms with E-state index in [9.17, 15) is 4.79 Å². The van der Waals surface area contributed by atoms with Crippen LogP contribution in [0.5, 0.6) is 0 Å². The van der Waals surface area contributed by atoms with E-state index < -0.39 is 0 Å². The van der Waals surface area contributed by atoms with Gasteiger partial charge in [0, 0.05) is 17.9 Å². The average Bonchev–Trinajstić information content (AvgIpc) is 3.42. The van der Waals surface area contributed by atoms with Crippen molar-refractivity contribution in [3.8, 4) is 11.5 Å². The number of fused-ring (bicyclic) bond motifs is 2. The SMILES string of the molecule is Cc1cnc(-c2cc3c(cc2Sc2nc4c(N)ncnc4n2CCCCCC(N)=O)CCCC3)o1. The predicted octanol–water partition coefficient (Wildman–Crippen LogP) is 4.45. The van der Waals surface area contributed by atoms with Gasteiger partial charge in [-0.05, 0) is 68.7 Å². The zero-order chi connectivity index (χ0) is 24.4. The third-order valence-corrected chi connectivity index (χ3v) is 7.38. The van der Waals surface area contributed by atoms with E-state index in [0.717, 1.165) is 53.5 Å². The minimum Gasteiger partial charge on any atom is -0.441 e. The Morgan fingerprint density at radius 3 is 2.66 bits per heavy atom. The molecule has 9 nitrogen and oxygen atoms in total. The lowest BCUT2D eigenvalue weighted by Gasteiger charge is -2.19. The second-order valence-electron chi connectivity index (χ2n) is 8.96. The lowest BCUT2D eigenvalue weighted by molar-refractivity contribution is -0.118. The van der Waals surface area contributed by atoms with Gasteiger partial charge in [-0.1, -0.05) is 18.2 Å². The summed E-state index contributed by atoms with van der Waals surface area (Å²) in [7, 11) is 0. The third-order valence-electron chi connectivity index (χ3n) is 6.33. The van der Waals surface area contributed by atoms with Crippen LogP contribution in [0.15, 0.2) is 39.1 Å². The third kappa shape index (κ3) is 5.02. The number of carbonyl (C=O) groups is 1. The molecule has 1 aliphatic rings. The fraction of sp³-hybridized carbons (Fsp3) is 0.400. The molecule has 1 amide bonds. The van der Waals surface area contributed by atoms with Crippen molar-refractivity contribution in [3.05, 3.63) is 41.5 Å². The first-order valence-electron chi connectivity index (χ1n) is 12.0. The van der Waals surface area contributed by atoms with Crippen LogP contribution in [-0.4, -0.2) is 30.4 Å². The monoisotopic (exact) mass is 491 g/mol. The fourth-order valence-corrected chi connectivity index (χ4v) is 5.63. The van der Waals surface area contributed by atoms with Crippen LogP contribution < -0.4 is 11.5 Å². The van der Waals surface area contributed by atoms with Crippen LogP contribution in [0.2, 0.25) is 0 Å². The predicted molar refractivity (Wildman–Crippen MR) is 135 cm³/mol. The Morgan fingerprint density at radius 2 is 1.91 bits per heavy atom. The Morgan fingerprint density at radius 1 is 1.11 bits per heavy atom. The molecule has 0 saturated carbocycles. The largest absolute Gasteiger partial charge is 0.441 e. The first kappa shape index (κ1) is 23.3. The number of imidazole rings is 1. The van der Waals surface area contributed by atoms with Gasteiger partial charge in [-0.25, -0.2) is 19.9 Å². The van der Waals surface area contributed by atoms with Crippen LogP contribution in [0.1, 0.15) is 55.4 Å². The van der Waals surface area contributed by atoms with Gasteiger partial charge in [0.2, 0.25) is 11.8 Å². The lowest BCUT2D eigenvalue weighted by atomic mass is 9.90. The number of benzene rings is 1. The molecule has 35 heavy (non-hydrogen) atoms. The van der Waals surface area contributed by atoms with E-state index in [4.69, 9.17) is 20.9 Å². The highest BCUT2D eigenvalue weighted by Crippen LogP contribution is 2.40. The number of anilines is 1. The number of unbranched alkanes of at least 4 members (excludes halogenated alkanes) is 2. The van der Waals surface area contributed by atoms with Crippen LogP contribution in [0.3, 0.4) is 0 Å². The van der Waals surface area contributed by atoms with Gasteiger partial charge in [0.05, 0.1) is 11.8 Å². The van der Waals surface area contributed by atoms with Crippen molar-refractivity contribution in [1.82, 2.24) is 24.5 Å². The molecule has 0 spiro atoms. The minimum atomic E-state index is -0.267. The number of nitrogens with two attached hydrogens (primary N) is 2. The molecule has 1 aliphatic carbocycles. The number of aryl methyl sites for hydroxylation is 4. The molecule has 0 bridgehead atoms. The van der Waals surface area contributed by atoms with E-state index in [1.807, 2.05) is 6.92 Å². The van der Waals surface area contributed by atoms with Crippen molar-refractivity contribution in [1.29, 1.82) is 0 Å². The number of carbonyl (C=O) groups excluding carboxylic acids is 1. The molecule has 0 saturated heterocycles. The Kier molecular flexibility index (Phi) is 6.72. The van der Waals surface area contributed by atoms with E-state index in [-0.39, 0.29) is 5.91 Å². The van der Waals surface area contributed by atoms with Crippen molar-refractivity contribution in [3.63, 3.8) is 0 Å². The number of rotatable bonds is 9. The summed E-state index contributed by atoms with van der Waals surface area (Å²) in [6.45, 7) is 2.60. The molecule has 10 heteroatoms. The first-order valence-corrected chi connectivity index (χ1v) is 12.8. The number of amides is 1. The summed E-state index contributed by atoms with van der Waals surface area (Å²) in [5, 5.41) is 0.794. The summed E-state index contributed by atoms with van der Waals surface area (Å²) in [5.41, 5.74) is 16.4. The van der Waals surface area contributed by atoms with Gasteiger partial charge in [0.1, 0.15) is 12.1 Å². The van der Waals surface area contributed by atoms with Crippen molar-refractivity contribution in [2.75, 3.05) is 5.73 Å². The highest BCUT2D eigenvalue weighted by molar-refractivity contribution is 7.99. The number of hydrogen-bond donors (Lipinski definition) is 2. The Labute approximate surface area is 207 Å². The maximum absolute atomic E-state index is 11.1. The van der Waals surface area contributed by atoms with Gasteiger partial charge in [-0.3, -0.25) is 4.79 Å². The topological polar surface area (TPSA) is 139 Å². The minimum absolute atomic E-state index is 0.267. The van der Waals surface area contributed by atoms with Gasteiger partial charge in [-0.15, -0.1) is 0 Å². The number of primary amides is 1. The Balaban J connectivity index is 1.52. The lowest BCUT2D eigenvalue weighted by Crippen LogP contribution is -2.09. The molecule has 0 aliphatic heterocycles. The number of hydrogen-bond acceptors (Lipinski definition) is 8. The molecule has 5 rings (SSSR count). The highest BCUT2D eigenvalue weighted by Gasteiger charge is 2.22. The van der Waals surface area contributed by atoms with E-state index in [2.05, 4.69) is 31.7 Å². The van der Waals surface area contributed by atoms with E-state index in [1.165, 1.54) is 30.3 Å². The van der Waals surface area contributed by atoms with Gasteiger partial charge in [-0.2, -0.15) is 0 Å². The molecule has 1 aromatic carbocycles. The second-order valence-corrected chi connectivity index (χ2v) is 9.97. The number of nitrogen functional groups attached to an aromatic ring is 1. The molecule has 0 atom stereocenters. The van der Waals surface area contributed by atoms with Gasteiger partial charge < -0.3 is 20.5 Å². The van der Waals surface area contributed by atoms with Crippen LogP contribution in [0.25, 0.3) is 22.6 Å². The summed E-state index contributed by atoms with van der Waals surface area (Å²) in [4.78, 5) is 30.1. The number of aromatic nitrogens is 5. The average molecular weight is 492 g/mol. The normalized spacial score (nSPS) is 13.3. The van der Waals surface area contributed by atoms with Crippen molar-refractivity contribution < 1.29 is 9.21 Å². The second kappa shape index (κ2) is 10.1. The quantitative estimate of drug-likeness (QED) is 0.327. The standard InChI is InChI=1S/C25H29N7O2S/c1-15-13-28-24(34-15)18-11-16-7-4-5-8-17(16)12-19(18)35-25-31-21-22(27)29-14-30-23(21)32(25)10-6-2-3-9-20(26)33/h11-14H,2-10H2,1H3,(H2,26,33)(H2,27,29,30). The molecular weight excluding hydrogens is 462 g/mol. The molecule has 0 radical (unpaired) electrons. The molecule has 3 heterocycles. The summed E-state index contributed by atoms with van der Waals surface area (Å²) < 4.78 is 8.02. The molecule has 3 aromatic heterocycles. The fourth-order valence-electron chi connectivity index (χ4n) is 4.55. The van der Waals surface area contributed by atoms with Crippen molar-refractivity contribution in [2.24, 2.45) is 5.73 Å². The molecule has 182 valence electrons. The highest BCUT2D eigenvalue weighted by atomic mass is 32.2. The molecular formula is C25H29N7O2S. The van der Waals surface area contributed by atoms with Crippen molar-refractivity contribution in [2.45, 2.75) is 74.9 Å². The van der Waals surface area contributed by atoms with Gasteiger partial charge >= 0.3 is 0 Å². The van der Waals surface area contributed by atoms with Crippen LogP contribution in [-0.2, 0) is 24.2 Å². The molecule has 0 unspecified atom stereocenters. The summed E-state index contributed by atoms with van der Waals surface area (Å²) in [6.07, 6.45) is 10.7. The molecule has 0 fully saturated rings. The summed E-state index contributed by atoms with van der Waals surface area (Å²) in [6, 6.07) is 4.49. The Bertz CT molecular complexity index is 1380. The van der Waals surface area contributed by atoms with Gasteiger partial charge in [0.25, 0.3) is 0 Å². The van der Waals surface area contributed by atoms with E-state index >= 15 is 0 Å². The smallest absolute Gasteiger partial charge is 0.227 e. The summed E-state index contributed by atoms with van der Waals surface area (Å²) in [5.74, 6) is 1.49. The van der Waals surface area contributed by atoms with Crippen LogP contribution >= 0.6 is 11.8 Å². The number of oxazole rings is 1. The first-order chi connectivity index (χ1) is 17.0. The van der Waals surface area contributed by atoms with Crippen LogP contribution in [0, 0.1) is 6.92 Å². The molecule has 4 aromatic rings. The van der Waals surface area contributed by atoms with E-state index in [0.29, 0.717) is 35.8 Å². The zero-order valence-electron chi connectivity index (χ0n) is 19.8. The molecule has 4 N–H and O–H groups in total.